The van der Waals surface area contributed by atoms with E-state index in [1.54, 1.807) is 24.3 Å². The highest BCUT2D eigenvalue weighted by Gasteiger charge is 2.08. The first kappa shape index (κ1) is 23.8. The third kappa shape index (κ3) is 6.81. The van der Waals surface area contributed by atoms with E-state index in [0.29, 0.717) is 35.7 Å². The van der Waals surface area contributed by atoms with E-state index >= 15 is 0 Å². The number of benzene rings is 4. The standard InChI is InChI=1S/C30H28N2O3/c1-21-7-3-5-9-23(21)19-29(33)31-25-11-15-27(16-12-25)35-28-17-13-26(14-18-28)32-30(34)20-24-10-6-4-8-22(24)2/h3-18H,19-20H2,1-2H3,(H,31,33)(H,32,34). The molecule has 2 amide bonds. The summed E-state index contributed by atoms with van der Waals surface area (Å²) >= 11 is 0. The Labute approximate surface area is 205 Å². The Morgan fingerprint density at radius 1 is 0.571 bits per heavy atom. The summed E-state index contributed by atoms with van der Waals surface area (Å²) < 4.78 is 5.90. The molecule has 0 aliphatic heterocycles. The average Bonchev–Trinajstić information content (AvgIpc) is 2.84. The van der Waals surface area contributed by atoms with Gasteiger partial charge < -0.3 is 15.4 Å². The van der Waals surface area contributed by atoms with Crippen LogP contribution in [0.1, 0.15) is 22.3 Å². The van der Waals surface area contributed by atoms with E-state index < -0.39 is 0 Å². The van der Waals surface area contributed by atoms with Crippen molar-refractivity contribution < 1.29 is 14.3 Å². The maximum atomic E-state index is 12.4. The molecule has 0 unspecified atom stereocenters. The fraction of sp³-hybridized carbons (Fsp3) is 0.133. The SMILES string of the molecule is Cc1ccccc1CC(=O)Nc1ccc(Oc2ccc(NC(=O)Cc3ccccc3C)cc2)cc1. The van der Waals surface area contributed by atoms with Gasteiger partial charge in [0.2, 0.25) is 11.8 Å². The van der Waals surface area contributed by atoms with Crippen LogP contribution in [0.2, 0.25) is 0 Å². The second-order valence-electron chi connectivity index (χ2n) is 8.45. The smallest absolute Gasteiger partial charge is 0.228 e. The molecule has 4 aromatic rings. The second kappa shape index (κ2) is 11.2. The third-order valence-electron chi connectivity index (χ3n) is 5.74. The third-order valence-corrected chi connectivity index (χ3v) is 5.74. The van der Waals surface area contributed by atoms with Crippen LogP contribution in [0.3, 0.4) is 0 Å². The maximum Gasteiger partial charge on any atom is 0.228 e. The molecule has 35 heavy (non-hydrogen) atoms. The molecule has 0 atom stereocenters. The zero-order valence-corrected chi connectivity index (χ0v) is 19.9. The van der Waals surface area contributed by atoms with Crippen molar-refractivity contribution >= 4 is 23.2 Å². The lowest BCUT2D eigenvalue weighted by Gasteiger charge is -2.10. The van der Waals surface area contributed by atoms with E-state index in [2.05, 4.69) is 10.6 Å². The Bertz CT molecular complexity index is 1210. The zero-order chi connectivity index (χ0) is 24.6. The Kier molecular flexibility index (Phi) is 7.58. The summed E-state index contributed by atoms with van der Waals surface area (Å²) in [6, 6.07) is 30.2. The van der Waals surface area contributed by atoms with E-state index in [1.165, 1.54) is 0 Å². The predicted octanol–water partition coefficient (Wildman–Crippen LogP) is 6.46. The maximum absolute atomic E-state index is 12.4. The van der Waals surface area contributed by atoms with Gasteiger partial charge in [-0.15, -0.1) is 0 Å². The molecule has 0 saturated heterocycles. The van der Waals surface area contributed by atoms with E-state index in [-0.39, 0.29) is 11.8 Å². The van der Waals surface area contributed by atoms with Crippen molar-refractivity contribution in [3.8, 4) is 11.5 Å². The quantitative estimate of drug-likeness (QED) is 0.315. The average molecular weight is 465 g/mol. The molecule has 0 radical (unpaired) electrons. The van der Waals surface area contributed by atoms with Gasteiger partial charge in [-0.05, 0) is 84.6 Å². The summed E-state index contributed by atoms with van der Waals surface area (Å²) in [5.41, 5.74) is 5.65. The number of hydrogen-bond acceptors (Lipinski definition) is 3. The number of ether oxygens (including phenoxy) is 1. The Morgan fingerprint density at radius 2 is 0.943 bits per heavy atom. The fourth-order valence-electron chi connectivity index (χ4n) is 3.72. The van der Waals surface area contributed by atoms with Crippen molar-refractivity contribution in [1.29, 1.82) is 0 Å². The highest BCUT2D eigenvalue weighted by molar-refractivity contribution is 5.93. The summed E-state index contributed by atoms with van der Waals surface area (Å²) in [6.07, 6.45) is 0.664. The van der Waals surface area contributed by atoms with E-state index in [9.17, 15) is 9.59 Å². The number of carbonyl (C=O) groups excluding carboxylic acids is 2. The second-order valence-corrected chi connectivity index (χ2v) is 8.45. The molecule has 0 aliphatic rings. The molecule has 0 heterocycles. The number of rotatable bonds is 8. The van der Waals surface area contributed by atoms with Crippen molar-refractivity contribution in [1.82, 2.24) is 0 Å². The topological polar surface area (TPSA) is 67.4 Å². The molecule has 0 spiro atoms. The van der Waals surface area contributed by atoms with E-state index in [4.69, 9.17) is 4.74 Å². The van der Waals surface area contributed by atoms with Crippen LogP contribution in [-0.4, -0.2) is 11.8 Å². The Balaban J connectivity index is 1.28. The van der Waals surface area contributed by atoms with Crippen LogP contribution in [0.15, 0.2) is 97.1 Å². The minimum atomic E-state index is -0.0620. The van der Waals surface area contributed by atoms with Crippen LogP contribution in [0.4, 0.5) is 11.4 Å². The van der Waals surface area contributed by atoms with Crippen LogP contribution in [0, 0.1) is 13.8 Å². The van der Waals surface area contributed by atoms with Gasteiger partial charge in [0, 0.05) is 11.4 Å². The largest absolute Gasteiger partial charge is 0.457 e. The minimum absolute atomic E-state index is 0.0620. The summed E-state index contributed by atoms with van der Waals surface area (Å²) in [6.45, 7) is 4.00. The first-order valence-corrected chi connectivity index (χ1v) is 11.5. The Morgan fingerprint density at radius 3 is 1.31 bits per heavy atom. The highest BCUT2D eigenvalue weighted by Crippen LogP contribution is 2.25. The Hall–Kier alpha value is -4.38. The highest BCUT2D eigenvalue weighted by atomic mass is 16.5. The molecule has 4 rings (SSSR count). The molecule has 2 N–H and O–H groups in total. The number of nitrogens with one attached hydrogen (secondary N) is 2. The molecule has 5 nitrogen and oxygen atoms in total. The van der Waals surface area contributed by atoms with Gasteiger partial charge in [-0.3, -0.25) is 9.59 Å². The monoisotopic (exact) mass is 464 g/mol. The van der Waals surface area contributed by atoms with Gasteiger partial charge in [-0.2, -0.15) is 0 Å². The number of amides is 2. The molecule has 0 aliphatic carbocycles. The number of hydrogen-bond donors (Lipinski definition) is 2. The van der Waals surface area contributed by atoms with Crippen LogP contribution in [0.5, 0.6) is 11.5 Å². The van der Waals surface area contributed by atoms with Crippen molar-refractivity contribution in [3.05, 3.63) is 119 Å². The van der Waals surface area contributed by atoms with Crippen molar-refractivity contribution in [2.24, 2.45) is 0 Å². The van der Waals surface area contributed by atoms with Gasteiger partial charge in [-0.1, -0.05) is 48.5 Å². The van der Waals surface area contributed by atoms with Gasteiger partial charge in [-0.25, -0.2) is 0 Å². The summed E-state index contributed by atoms with van der Waals surface area (Å²) in [5.74, 6) is 1.18. The first-order valence-electron chi connectivity index (χ1n) is 11.5. The minimum Gasteiger partial charge on any atom is -0.457 e. The summed E-state index contributed by atoms with van der Waals surface area (Å²) in [7, 11) is 0. The lowest BCUT2D eigenvalue weighted by molar-refractivity contribution is -0.116. The van der Waals surface area contributed by atoms with Crippen LogP contribution < -0.4 is 15.4 Å². The van der Waals surface area contributed by atoms with Gasteiger partial charge in [0.25, 0.3) is 0 Å². The number of carbonyl (C=O) groups is 2. The summed E-state index contributed by atoms with van der Waals surface area (Å²) in [5, 5.41) is 5.84. The van der Waals surface area contributed by atoms with Crippen LogP contribution in [0.25, 0.3) is 0 Å². The lowest BCUT2D eigenvalue weighted by atomic mass is 10.1. The van der Waals surface area contributed by atoms with Gasteiger partial charge in [0.1, 0.15) is 11.5 Å². The molecule has 176 valence electrons. The molecular weight excluding hydrogens is 436 g/mol. The fourth-order valence-corrected chi connectivity index (χ4v) is 3.72. The van der Waals surface area contributed by atoms with Gasteiger partial charge in [0.15, 0.2) is 0 Å². The first-order chi connectivity index (χ1) is 17.0. The molecule has 4 aromatic carbocycles. The molecule has 0 aromatic heterocycles. The summed E-state index contributed by atoms with van der Waals surface area (Å²) in [4.78, 5) is 24.7. The molecule has 5 heteroatoms. The molecular formula is C30H28N2O3. The molecule has 0 saturated carbocycles. The van der Waals surface area contributed by atoms with Crippen molar-refractivity contribution in [2.45, 2.75) is 26.7 Å². The number of aryl methyl sites for hydroxylation is 2. The van der Waals surface area contributed by atoms with E-state index in [1.807, 2.05) is 86.6 Å². The van der Waals surface area contributed by atoms with Gasteiger partial charge >= 0.3 is 0 Å². The van der Waals surface area contributed by atoms with Crippen molar-refractivity contribution in [2.75, 3.05) is 10.6 Å². The number of anilines is 2. The molecule has 0 bridgehead atoms. The van der Waals surface area contributed by atoms with E-state index in [0.717, 1.165) is 22.3 Å². The molecule has 0 fully saturated rings. The van der Waals surface area contributed by atoms with Crippen molar-refractivity contribution in [3.63, 3.8) is 0 Å². The lowest BCUT2D eigenvalue weighted by Crippen LogP contribution is -2.15. The van der Waals surface area contributed by atoms with Crippen LogP contribution in [-0.2, 0) is 22.4 Å². The predicted molar refractivity (Wildman–Crippen MR) is 140 cm³/mol. The van der Waals surface area contributed by atoms with Crippen LogP contribution >= 0.6 is 0 Å². The normalized spacial score (nSPS) is 10.5. The van der Waals surface area contributed by atoms with Gasteiger partial charge in [0.05, 0.1) is 12.8 Å². The zero-order valence-electron chi connectivity index (χ0n) is 19.9.